The number of carbonyl (C=O) groups is 2. The Morgan fingerprint density at radius 3 is 2.38 bits per heavy atom. The van der Waals surface area contributed by atoms with Crippen LogP contribution >= 0.6 is 0 Å². The average molecular weight is 432 g/mol. The van der Waals surface area contributed by atoms with Crippen molar-refractivity contribution in [2.24, 2.45) is 5.41 Å². The number of aromatic amines is 1. The Morgan fingerprint density at radius 2 is 1.69 bits per heavy atom. The van der Waals surface area contributed by atoms with E-state index in [-0.39, 0.29) is 16.8 Å². The van der Waals surface area contributed by atoms with E-state index in [1.807, 2.05) is 26.0 Å². The molecule has 0 radical (unpaired) electrons. The molecule has 32 heavy (non-hydrogen) atoms. The largest absolute Gasteiger partial charge is 0.493 e. The number of carbonyl (C=O) groups excluding carboxylic acids is 2. The van der Waals surface area contributed by atoms with E-state index in [4.69, 9.17) is 9.47 Å². The Morgan fingerprint density at radius 1 is 1.00 bits per heavy atom. The van der Waals surface area contributed by atoms with Crippen LogP contribution in [0.15, 0.2) is 59.4 Å². The zero-order valence-corrected chi connectivity index (χ0v) is 18.2. The van der Waals surface area contributed by atoms with Crippen LogP contribution in [0, 0.1) is 5.41 Å². The molecule has 4 rings (SSSR count). The van der Waals surface area contributed by atoms with Crippen LogP contribution in [0.25, 0.3) is 0 Å². The monoisotopic (exact) mass is 432 g/mol. The van der Waals surface area contributed by atoms with Crippen LogP contribution in [0.1, 0.15) is 46.7 Å². The van der Waals surface area contributed by atoms with Crippen LogP contribution in [0.5, 0.6) is 17.2 Å². The third-order valence-electron chi connectivity index (χ3n) is 5.37. The molecule has 1 aliphatic rings. The lowest BCUT2D eigenvalue weighted by molar-refractivity contribution is 0.0910. The Labute approximate surface area is 185 Å². The van der Waals surface area contributed by atoms with E-state index < -0.39 is 11.5 Å². The first kappa shape index (κ1) is 21.4. The number of hydrogen-bond donors (Lipinski definition) is 2. The predicted octanol–water partition coefficient (Wildman–Crippen LogP) is 4.58. The number of ketones is 1. The van der Waals surface area contributed by atoms with Gasteiger partial charge in [0.15, 0.2) is 17.3 Å². The zero-order valence-electron chi connectivity index (χ0n) is 18.2. The van der Waals surface area contributed by atoms with Crippen molar-refractivity contribution in [3.8, 4) is 17.2 Å². The molecule has 0 saturated carbocycles. The minimum atomic E-state index is -0.579. The van der Waals surface area contributed by atoms with Gasteiger partial charge >= 0.3 is 0 Å². The summed E-state index contributed by atoms with van der Waals surface area (Å²) in [6.45, 7) is 3.96. The maximum atomic E-state index is 12.7. The highest BCUT2D eigenvalue weighted by Crippen LogP contribution is 2.34. The molecule has 0 spiro atoms. The van der Waals surface area contributed by atoms with Crippen molar-refractivity contribution in [3.05, 3.63) is 81.8 Å². The van der Waals surface area contributed by atoms with Crippen LogP contribution in [-0.2, 0) is 6.42 Å². The molecular formula is C25H24N2O5. The molecule has 0 unspecified atom stereocenters. The SMILES string of the molecule is COc1ccccc1Oc1ccc(NC(=O)c2cc3c([nH]c2=O)CC(C)(C)CC3=O)cc1. The third kappa shape index (κ3) is 4.42. The molecule has 7 heteroatoms. The molecule has 0 aliphatic heterocycles. The van der Waals surface area contributed by atoms with E-state index in [9.17, 15) is 14.4 Å². The summed E-state index contributed by atoms with van der Waals surface area (Å²) in [6, 6.07) is 15.4. The molecule has 1 aliphatic carbocycles. The van der Waals surface area contributed by atoms with Crippen molar-refractivity contribution in [1.29, 1.82) is 0 Å². The fourth-order valence-corrected chi connectivity index (χ4v) is 3.83. The van der Waals surface area contributed by atoms with Crippen LogP contribution in [0.4, 0.5) is 5.69 Å². The number of Topliss-reactive ketones (excluding diaryl/α,β-unsaturated/α-hetero) is 1. The number of para-hydroxylation sites is 2. The molecule has 2 N–H and O–H groups in total. The number of methoxy groups -OCH3 is 1. The Balaban J connectivity index is 1.50. The molecule has 1 amide bonds. The molecule has 2 aromatic carbocycles. The molecule has 164 valence electrons. The van der Waals surface area contributed by atoms with Crippen LogP contribution in [0.2, 0.25) is 0 Å². The predicted molar refractivity (Wildman–Crippen MR) is 121 cm³/mol. The topological polar surface area (TPSA) is 97.5 Å². The van der Waals surface area contributed by atoms with Gasteiger partial charge in [0.25, 0.3) is 11.5 Å². The number of pyridine rings is 1. The normalized spacial score (nSPS) is 14.4. The van der Waals surface area contributed by atoms with Crippen LogP contribution in [-0.4, -0.2) is 23.8 Å². The molecular weight excluding hydrogens is 408 g/mol. The van der Waals surface area contributed by atoms with Gasteiger partial charge in [-0.3, -0.25) is 14.4 Å². The molecule has 0 fully saturated rings. The molecule has 0 saturated heterocycles. The highest BCUT2D eigenvalue weighted by atomic mass is 16.5. The molecule has 3 aromatic rings. The van der Waals surface area contributed by atoms with Crippen molar-refractivity contribution < 1.29 is 19.1 Å². The lowest BCUT2D eigenvalue weighted by atomic mass is 9.75. The second kappa shape index (κ2) is 8.34. The maximum Gasteiger partial charge on any atom is 0.261 e. The minimum absolute atomic E-state index is 0.0700. The van der Waals surface area contributed by atoms with Gasteiger partial charge in [0, 0.05) is 23.4 Å². The van der Waals surface area contributed by atoms with Crippen molar-refractivity contribution in [1.82, 2.24) is 4.98 Å². The molecule has 7 nitrogen and oxygen atoms in total. The number of H-pyrrole nitrogens is 1. The van der Waals surface area contributed by atoms with E-state index in [2.05, 4.69) is 10.3 Å². The lowest BCUT2D eigenvalue weighted by Gasteiger charge is -2.29. The van der Waals surface area contributed by atoms with Gasteiger partial charge in [-0.1, -0.05) is 26.0 Å². The number of amides is 1. The molecule has 0 atom stereocenters. The summed E-state index contributed by atoms with van der Waals surface area (Å²) in [4.78, 5) is 40.5. The number of anilines is 1. The van der Waals surface area contributed by atoms with E-state index >= 15 is 0 Å². The number of benzene rings is 2. The number of hydrogen-bond acceptors (Lipinski definition) is 5. The highest BCUT2D eigenvalue weighted by molar-refractivity contribution is 6.06. The summed E-state index contributed by atoms with van der Waals surface area (Å²) in [5.74, 6) is 1.09. The standard InChI is InChI=1S/C25H24N2O5/c1-25(2)13-19-17(20(28)14-25)12-18(24(30)27-19)23(29)26-15-8-10-16(11-9-15)32-22-7-5-4-6-21(22)31-3/h4-12H,13-14H2,1-3H3,(H,26,29)(H,27,30). The van der Waals surface area contributed by atoms with Crippen molar-refractivity contribution in [2.75, 3.05) is 12.4 Å². The second-order valence-corrected chi connectivity index (χ2v) is 8.58. The quantitative estimate of drug-likeness (QED) is 0.615. The summed E-state index contributed by atoms with van der Waals surface area (Å²) >= 11 is 0. The first-order valence-electron chi connectivity index (χ1n) is 10.3. The number of aromatic nitrogens is 1. The Kier molecular flexibility index (Phi) is 5.57. The number of fused-ring (bicyclic) bond motifs is 1. The highest BCUT2D eigenvalue weighted by Gasteiger charge is 2.32. The average Bonchev–Trinajstić information content (AvgIpc) is 2.74. The van der Waals surface area contributed by atoms with Gasteiger partial charge in [-0.25, -0.2) is 0 Å². The van der Waals surface area contributed by atoms with Crippen LogP contribution < -0.4 is 20.3 Å². The smallest absolute Gasteiger partial charge is 0.261 e. The van der Waals surface area contributed by atoms with Gasteiger partial charge < -0.3 is 19.8 Å². The van der Waals surface area contributed by atoms with Crippen molar-refractivity contribution in [3.63, 3.8) is 0 Å². The van der Waals surface area contributed by atoms with Gasteiger partial charge in [0.2, 0.25) is 0 Å². The molecule has 1 heterocycles. The summed E-state index contributed by atoms with van der Waals surface area (Å²) in [5.41, 5.74) is 0.672. The van der Waals surface area contributed by atoms with Gasteiger partial charge in [-0.15, -0.1) is 0 Å². The summed E-state index contributed by atoms with van der Waals surface area (Å²) in [6.07, 6.45) is 0.958. The minimum Gasteiger partial charge on any atom is -0.493 e. The fourth-order valence-electron chi connectivity index (χ4n) is 3.83. The van der Waals surface area contributed by atoms with Gasteiger partial charge in [0.1, 0.15) is 11.3 Å². The van der Waals surface area contributed by atoms with Gasteiger partial charge in [-0.05, 0) is 54.3 Å². The molecule has 1 aromatic heterocycles. The van der Waals surface area contributed by atoms with E-state index in [1.54, 1.807) is 43.5 Å². The van der Waals surface area contributed by atoms with Crippen LogP contribution in [0.3, 0.4) is 0 Å². The first-order chi connectivity index (χ1) is 15.3. The van der Waals surface area contributed by atoms with Crippen molar-refractivity contribution >= 4 is 17.4 Å². The summed E-state index contributed by atoms with van der Waals surface area (Å²) < 4.78 is 11.1. The maximum absolute atomic E-state index is 12.7. The molecule has 0 bridgehead atoms. The number of ether oxygens (including phenoxy) is 2. The first-order valence-corrected chi connectivity index (χ1v) is 10.3. The van der Waals surface area contributed by atoms with Crippen molar-refractivity contribution in [2.45, 2.75) is 26.7 Å². The summed E-state index contributed by atoms with van der Waals surface area (Å²) in [7, 11) is 1.57. The van der Waals surface area contributed by atoms with Gasteiger partial charge in [-0.2, -0.15) is 0 Å². The Bertz CT molecular complexity index is 1240. The lowest BCUT2D eigenvalue weighted by Crippen LogP contribution is -2.32. The second-order valence-electron chi connectivity index (χ2n) is 8.58. The Hall–Kier alpha value is -3.87. The number of rotatable bonds is 5. The summed E-state index contributed by atoms with van der Waals surface area (Å²) in [5, 5.41) is 2.70. The fraction of sp³-hybridized carbons (Fsp3) is 0.240. The zero-order chi connectivity index (χ0) is 22.9. The van der Waals surface area contributed by atoms with Gasteiger partial charge in [0.05, 0.1) is 7.11 Å². The van der Waals surface area contributed by atoms with E-state index in [0.29, 0.717) is 47.0 Å². The van der Waals surface area contributed by atoms with E-state index in [0.717, 1.165) is 0 Å². The number of nitrogens with one attached hydrogen (secondary N) is 2. The third-order valence-corrected chi connectivity index (χ3v) is 5.37. The van der Waals surface area contributed by atoms with E-state index in [1.165, 1.54) is 6.07 Å².